The van der Waals surface area contributed by atoms with Crippen molar-refractivity contribution < 1.29 is 9.31 Å². The average Bonchev–Trinajstić information content (AvgIpc) is 3.09. The summed E-state index contributed by atoms with van der Waals surface area (Å²) in [4.78, 5) is 0. The minimum Gasteiger partial charge on any atom is -0.399 e. The predicted molar refractivity (Wildman–Crippen MR) is 148 cm³/mol. The molecule has 0 atom stereocenters. The highest BCUT2D eigenvalue weighted by Gasteiger charge is 2.51. The van der Waals surface area contributed by atoms with E-state index >= 15 is 0 Å². The van der Waals surface area contributed by atoms with Gasteiger partial charge in [-0.15, -0.1) is 0 Å². The molecule has 6 rings (SSSR count). The molecular formula is C32H29BO2. The van der Waals surface area contributed by atoms with Gasteiger partial charge in [0.15, 0.2) is 0 Å². The van der Waals surface area contributed by atoms with E-state index in [1.54, 1.807) is 0 Å². The van der Waals surface area contributed by atoms with Gasteiger partial charge >= 0.3 is 7.12 Å². The smallest absolute Gasteiger partial charge is 0.399 e. The topological polar surface area (TPSA) is 18.5 Å². The van der Waals surface area contributed by atoms with Gasteiger partial charge in [-0.3, -0.25) is 0 Å². The Balaban J connectivity index is 1.39. The predicted octanol–water partition coefficient (Wildman–Crippen LogP) is 7.63. The van der Waals surface area contributed by atoms with E-state index in [2.05, 4.69) is 131 Å². The van der Waals surface area contributed by atoms with Crippen molar-refractivity contribution in [1.82, 2.24) is 0 Å². The van der Waals surface area contributed by atoms with Crippen LogP contribution in [0.25, 0.3) is 43.8 Å². The zero-order valence-corrected chi connectivity index (χ0v) is 20.7. The molecule has 1 aliphatic heterocycles. The lowest BCUT2D eigenvalue weighted by Crippen LogP contribution is -2.41. The lowest BCUT2D eigenvalue weighted by Gasteiger charge is -2.32. The molecule has 1 saturated heterocycles. The third kappa shape index (κ3) is 3.85. The molecule has 0 saturated carbocycles. The molecular weight excluding hydrogens is 427 g/mol. The molecule has 5 aromatic carbocycles. The van der Waals surface area contributed by atoms with Crippen molar-refractivity contribution in [2.75, 3.05) is 0 Å². The standard InChI is InChI=1S/C32H29BO2/c1-31(2)32(3,4)35-33(34-31)28-18-17-24-19-27(16-15-25(24)20-28)29-12-8-11-23-13-14-26(21-30(23)29)22-9-6-5-7-10-22/h5-21H,1-4H3. The number of benzene rings is 5. The van der Waals surface area contributed by atoms with Gasteiger partial charge in [0.2, 0.25) is 0 Å². The molecule has 0 unspecified atom stereocenters. The summed E-state index contributed by atoms with van der Waals surface area (Å²) in [5.74, 6) is 0. The number of fused-ring (bicyclic) bond motifs is 2. The van der Waals surface area contributed by atoms with Gasteiger partial charge in [-0.25, -0.2) is 0 Å². The monoisotopic (exact) mass is 456 g/mol. The highest BCUT2D eigenvalue weighted by atomic mass is 16.7. The molecule has 0 aromatic heterocycles. The van der Waals surface area contributed by atoms with Crippen LogP contribution in [-0.4, -0.2) is 18.3 Å². The zero-order chi connectivity index (χ0) is 24.2. The van der Waals surface area contributed by atoms with E-state index < -0.39 is 0 Å². The van der Waals surface area contributed by atoms with Crippen LogP contribution in [0.2, 0.25) is 0 Å². The van der Waals surface area contributed by atoms with Gasteiger partial charge in [0.05, 0.1) is 11.2 Å². The van der Waals surface area contributed by atoms with E-state index in [0.29, 0.717) is 0 Å². The molecule has 2 nitrogen and oxygen atoms in total. The number of rotatable bonds is 3. The first kappa shape index (κ1) is 22.1. The Morgan fingerprint density at radius 1 is 0.514 bits per heavy atom. The summed E-state index contributed by atoms with van der Waals surface area (Å²) < 4.78 is 12.5. The fourth-order valence-electron chi connectivity index (χ4n) is 4.89. The Kier molecular flexibility index (Phi) is 5.10. The fraction of sp³-hybridized carbons (Fsp3) is 0.188. The van der Waals surface area contributed by atoms with Crippen molar-refractivity contribution in [1.29, 1.82) is 0 Å². The summed E-state index contributed by atoms with van der Waals surface area (Å²) in [5, 5.41) is 4.91. The molecule has 1 heterocycles. The van der Waals surface area contributed by atoms with E-state index in [0.717, 1.165) is 5.46 Å². The van der Waals surface area contributed by atoms with Crippen molar-refractivity contribution in [2.24, 2.45) is 0 Å². The van der Waals surface area contributed by atoms with Crippen LogP contribution < -0.4 is 5.46 Å². The van der Waals surface area contributed by atoms with Crippen LogP contribution in [0, 0.1) is 0 Å². The summed E-state index contributed by atoms with van der Waals surface area (Å²) in [5.41, 5.74) is 5.30. The SMILES string of the molecule is CC1(C)OB(c2ccc3cc(-c4cccc5ccc(-c6ccccc6)cc45)ccc3c2)OC1(C)C. The van der Waals surface area contributed by atoms with E-state index in [9.17, 15) is 0 Å². The van der Waals surface area contributed by atoms with Gasteiger partial charge < -0.3 is 9.31 Å². The molecule has 0 radical (unpaired) electrons. The largest absolute Gasteiger partial charge is 0.494 e. The first-order valence-corrected chi connectivity index (χ1v) is 12.3. The molecule has 0 amide bonds. The Labute approximate surface area is 207 Å². The molecule has 0 spiro atoms. The molecule has 0 bridgehead atoms. The van der Waals surface area contributed by atoms with E-state index in [1.165, 1.54) is 43.8 Å². The van der Waals surface area contributed by atoms with Crippen LogP contribution in [0.5, 0.6) is 0 Å². The van der Waals surface area contributed by atoms with Crippen LogP contribution >= 0.6 is 0 Å². The van der Waals surface area contributed by atoms with Crippen LogP contribution in [-0.2, 0) is 9.31 Å². The third-order valence-corrected chi connectivity index (χ3v) is 7.69. The van der Waals surface area contributed by atoms with Crippen molar-refractivity contribution >= 4 is 34.1 Å². The molecule has 0 aliphatic carbocycles. The van der Waals surface area contributed by atoms with Crippen molar-refractivity contribution in [3.05, 3.63) is 103 Å². The van der Waals surface area contributed by atoms with Gasteiger partial charge in [-0.2, -0.15) is 0 Å². The van der Waals surface area contributed by atoms with Gasteiger partial charge in [0.25, 0.3) is 0 Å². The van der Waals surface area contributed by atoms with Crippen LogP contribution in [0.4, 0.5) is 0 Å². The lowest BCUT2D eigenvalue weighted by molar-refractivity contribution is 0.00578. The first-order chi connectivity index (χ1) is 16.8. The minimum absolute atomic E-state index is 0.344. The number of hydrogen-bond donors (Lipinski definition) is 0. The second kappa shape index (κ2) is 8.08. The molecule has 1 aliphatic rings. The minimum atomic E-state index is -0.349. The average molecular weight is 456 g/mol. The maximum absolute atomic E-state index is 6.27. The van der Waals surface area contributed by atoms with Crippen LogP contribution in [0.1, 0.15) is 27.7 Å². The second-order valence-corrected chi connectivity index (χ2v) is 10.5. The summed E-state index contributed by atoms with van der Waals surface area (Å²) in [6, 6.07) is 37.1. The van der Waals surface area contributed by atoms with Gasteiger partial charge in [0, 0.05) is 0 Å². The quantitative estimate of drug-likeness (QED) is 0.260. The molecule has 35 heavy (non-hydrogen) atoms. The Hall–Kier alpha value is -3.40. The Bertz CT molecular complexity index is 1540. The van der Waals surface area contributed by atoms with E-state index in [1.807, 2.05) is 0 Å². The lowest BCUT2D eigenvalue weighted by atomic mass is 9.78. The molecule has 3 heteroatoms. The van der Waals surface area contributed by atoms with Gasteiger partial charge in [-0.1, -0.05) is 91.0 Å². The summed E-state index contributed by atoms with van der Waals surface area (Å²) in [7, 11) is -0.349. The highest BCUT2D eigenvalue weighted by molar-refractivity contribution is 6.62. The molecule has 5 aromatic rings. The summed E-state index contributed by atoms with van der Waals surface area (Å²) in [6.45, 7) is 8.36. The van der Waals surface area contributed by atoms with Gasteiger partial charge in [0.1, 0.15) is 0 Å². The maximum Gasteiger partial charge on any atom is 0.494 e. The van der Waals surface area contributed by atoms with Crippen molar-refractivity contribution in [3.63, 3.8) is 0 Å². The van der Waals surface area contributed by atoms with Crippen molar-refractivity contribution in [3.8, 4) is 22.3 Å². The third-order valence-electron chi connectivity index (χ3n) is 7.69. The van der Waals surface area contributed by atoms with E-state index in [4.69, 9.17) is 9.31 Å². The summed E-state index contributed by atoms with van der Waals surface area (Å²) in [6.07, 6.45) is 0. The first-order valence-electron chi connectivity index (χ1n) is 12.3. The molecule has 172 valence electrons. The highest BCUT2D eigenvalue weighted by Crippen LogP contribution is 2.37. The molecule has 0 N–H and O–H groups in total. The van der Waals surface area contributed by atoms with E-state index in [-0.39, 0.29) is 18.3 Å². The number of hydrogen-bond acceptors (Lipinski definition) is 2. The van der Waals surface area contributed by atoms with Crippen LogP contribution in [0.3, 0.4) is 0 Å². The van der Waals surface area contributed by atoms with Crippen LogP contribution in [0.15, 0.2) is 103 Å². The normalized spacial score (nSPS) is 16.7. The second-order valence-electron chi connectivity index (χ2n) is 10.5. The van der Waals surface area contributed by atoms with Gasteiger partial charge in [-0.05, 0) is 89.1 Å². The zero-order valence-electron chi connectivity index (χ0n) is 20.7. The molecule has 1 fully saturated rings. The maximum atomic E-state index is 6.27. The Morgan fingerprint density at radius 3 is 1.94 bits per heavy atom. The fourth-order valence-corrected chi connectivity index (χ4v) is 4.89. The summed E-state index contributed by atoms with van der Waals surface area (Å²) >= 11 is 0. The Morgan fingerprint density at radius 2 is 1.17 bits per heavy atom. The van der Waals surface area contributed by atoms with Crippen molar-refractivity contribution in [2.45, 2.75) is 38.9 Å².